The Labute approximate surface area is 170 Å². The Morgan fingerprint density at radius 2 is 1.69 bits per heavy atom. The number of rotatable bonds is 7. The number of benzene rings is 2. The Hall–Kier alpha value is -3.06. The van der Waals surface area contributed by atoms with E-state index in [0.717, 1.165) is 16.0 Å². The van der Waals surface area contributed by atoms with E-state index in [2.05, 4.69) is 10.3 Å². The first-order valence-corrected chi connectivity index (χ1v) is 10.9. The van der Waals surface area contributed by atoms with E-state index < -0.39 is 10.8 Å². The molecule has 3 aromatic rings. The van der Waals surface area contributed by atoms with Crippen LogP contribution in [0.15, 0.2) is 76.6 Å². The maximum atomic E-state index is 13.4. The maximum Gasteiger partial charge on any atom is 0.251 e. The summed E-state index contributed by atoms with van der Waals surface area (Å²) in [7, 11) is -1.42. The first kappa shape index (κ1) is 20.7. The van der Waals surface area contributed by atoms with E-state index in [4.69, 9.17) is 0 Å². The summed E-state index contributed by atoms with van der Waals surface area (Å²) in [6.45, 7) is 0.372. The van der Waals surface area contributed by atoms with Gasteiger partial charge in [0, 0.05) is 30.3 Å². The molecule has 29 heavy (non-hydrogen) atoms. The summed E-state index contributed by atoms with van der Waals surface area (Å²) in [5.41, 5.74) is 1.87. The van der Waals surface area contributed by atoms with E-state index >= 15 is 0 Å². The zero-order valence-corrected chi connectivity index (χ0v) is 16.8. The number of hydrogen-bond donors (Lipinski definition) is 2. The molecule has 3 rings (SSSR count). The van der Waals surface area contributed by atoms with Crippen LogP contribution in [0.25, 0.3) is 0 Å². The molecule has 2 aromatic carbocycles. The van der Waals surface area contributed by atoms with Crippen LogP contribution >= 0.6 is 0 Å². The third-order valence-corrected chi connectivity index (χ3v) is 5.71. The van der Waals surface area contributed by atoms with Gasteiger partial charge in [-0.05, 0) is 47.9 Å². The number of thiol groups is 1. The lowest BCUT2D eigenvalue weighted by Crippen LogP contribution is -2.27. The van der Waals surface area contributed by atoms with Gasteiger partial charge in [0.15, 0.2) is 4.90 Å². The van der Waals surface area contributed by atoms with Crippen molar-refractivity contribution in [3.8, 4) is 0 Å². The molecule has 1 aromatic heterocycles. The van der Waals surface area contributed by atoms with Crippen molar-refractivity contribution in [3.63, 3.8) is 0 Å². The third-order valence-electron chi connectivity index (χ3n) is 4.69. The van der Waals surface area contributed by atoms with Gasteiger partial charge in [0.1, 0.15) is 22.9 Å². The summed E-state index contributed by atoms with van der Waals surface area (Å²) in [5.74, 6) is -0.709. The summed E-state index contributed by atoms with van der Waals surface area (Å²) in [6, 6.07) is 16.6. The maximum absolute atomic E-state index is 13.4. The van der Waals surface area contributed by atoms with Gasteiger partial charge in [0.05, 0.1) is 0 Å². The minimum atomic E-state index is -1.42. The van der Waals surface area contributed by atoms with Gasteiger partial charge in [-0.15, -0.1) is 4.21 Å². The predicted octanol–water partition coefficient (Wildman–Crippen LogP) is 3.15. The van der Waals surface area contributed by atoms with Gasteiger partial charge < -0.3 is 10.3 Å². The van der Waals surface area contributed by atoms with Crippen LogP contribution in [0.1, 0.15) is 33.8 Å². The van der Waals surface area contributed by atoms with E-state index in [1.807, 2.05) is 24.3 Å². The highest BCUT2D eigenvalue weighted by atomic mass is 32.2. The smallest absolute Gasteiger partial charge is 0.251 e. The zero-order valence-electron chi connectivity index (χ0n) is 15.9. The molecule has 0 saturated heterocycles. The Kier molecular flexibility index (Phi) is 6.72. The Morgan fingerprint density at radius 1 is 1.07 bits per heavy atom. The number of carbonyl (C=O) groups is 1. The number of aromatic amines is 1. The number of hydrogen-bond acceptors (Lipinski definition) is 3. The molecule has 0 spiro atoms. The standard InChI is InChI=1S/C22H21FN2O3S/c1-29(28)19-8-4-16(5-9-19)20(15-2-6-18(23)7-3-15)11-13-25-22(27)17-10-12-24-21(26)14-17/h2-10,12,14,20H,11,13H2,1H3,(H,24,26)(H,25,27)/p+1. The normalized spacial score (nSPS) is 12.9. The lowest BCUT2D eigenvalue weighted by molar-refractivity contribution is 0.0952. The third kappa shape index (κ3) is 5.48. The molecule has 0 aliphatic carbocycles. The molecule has 0 radical (unpaired) electrons. The van der Waals surface area contributed by atoms with E-state index in [1.54, 1.807) is 24.5 Å². The quantitative estimate of drug-likeness (QED) is 0.461. The fourth-order valence-electron chi connectivity index (χ4n) is 3.16. The SMILES string of the molecule is C[SH+](=O)c1ccc(C(CCNC(=O)c2cc[nH]c(=O)c2)c2ccc(F)cc2)cc1. The summed E-state index contributed by atoms with van der Waals surface area (Å²) < 4.78 is 25.0. The number of halogens is 1. The molecule has 0 bridgehead atoms. The molecule has 0 aliphatic heterocycles. The van der Waals surface area contributed by atoms with Crippen LogP contribution in [-0.2, 0) is 15.0 Å². The van der Waals surface area contributed by atoms with Gasteiger partial charge in [-0.3, -0.25) is 9.59 Å². The number of carbonyl (C=O) groups excluding carboxylic acids is 1. The first-order chi connectivity index (χ1) is 13.9. The molecule has 2 atom stereocenters. The minimum Gasteiger partial charge on any atom is -0.352 e. The lowest BCUT2D eigenvalue weighted by atomic mass is 9.88. The van der Waals surface area contributed by atoms with Crippen LogP contribution in [-0.4, -0.2) is 23.7 Å². The van der Waals surface area contributed by atoms with Crippen molar-refractivity contribution in [3.05, 3.63) is 99.7 Å². The van der Waals surface area contributed by atoms with Crippen molar-refractivity contribution in [1.29, 1.82) is 0 Å². The topological polar surface area (TPSA) is 79.0 Å². The zero-order chi connectivity index (χ0) is 20.8. The number of H-pyrrole nitrogens is 1. The monoisotopic (exact) mass is 413 g/mol. The second kappa shape index (κ2) is 9.43. The van der Waals surface area contributed by atoms with Crippen LogP contribution < -0.4 is 10.9 Å². The van der Waals surface area contributed by atoms with Gasteiger partial charge >= 0.3 is 0 Å². The van der Waals surface area contributed by atoms with Gasteiger partial charge in [0.25, 0.3) is 5.91 Å². The highest BCUT2D eigenvalue weighted by molar-refractivity contribution is 7.84. The molecule has 1 heterocycles. The molecule has 7 heteroatoms. The molecule has 1 amide bonds. The summed E-state index contributed by atoms with van der Waals surface area (Å²) in [6.07, 6.45) is 3.67. The van der Waals surface area contributed by atoms with Crippen molar-refractivity contribution in [2.45, 2.75) is 17.2 Å². The van der Waals surface area contributed by atoms with Crippen molar-refractivity contribution in [1.82, 2.24) is 10.3 Å². The molecular formula is C22H22FN2O3S+. The Balaban J connectivity index is 1.76. The largest absolute Gasteiger partial charge is 0.352 e. The predicted molar refractivity (Wildman–Crippen MR) is 112 cm³/mol. The van der Waals surface area contributed by atoms with Crippen LogP contribution in [0.2, 0.25) is 0 Å². The van der Waals surface area contributed by atoms with Crippen LogP contribution in [0, 0.1) is 5.82 Å². The minimum absolute atomic E-state index is 0.0705. The van der Waals surface area contributed by atoms with E-state index in [1.165, 1.54) is 24.4 Å². The van der Waals surface area contributed by atoms with Crippen molar-refractivity contribution in [2.75, 3.05) is 12.8 Å². The number of amides is 1. The molecular weight excluding hydrogens is 391 g/mol. The molecule has 2 N–H and O–H groups in total. The average Bonchev–Trinajstić information content (AvgIpc) is 2.72. The average molecular weight is 413 g/mol. The molecule has 5 nitrogen and oxygen atoms in total. The Bertz CT molecular complexity index is 1060. The number of nitrogens with one attached hydrogen (secondary N) is 2. The van der Waals surface area contributed by atoms with Crippen molar-refractivity contribution >= 4 is 16.7 Å². The van der Waals surface area contributed by atoms with Crippen LogP contribution in [0.4, 0.5) is 4.39 Å². The van der Waals surface area contributed by atoms with Crippen molar-refractivity contribution < 1.29 is 13.4 Å². The second-order valence-corrected chi connectivity index (χ2v) is 8.19. The van der Waals surface area contributed by atoms with Crippen molar-refractivity contribution in [2.24, 2.45) is 0 Å². The summed E-state index contributed by atoms with van der Waals surface area (Å²) in [4.78, 5) is 26.9. The molecule has 150 valence electrons. The van der Waals surface area contributed by atoms with Gasteiger partial charge in [0.2, 0.25) is 5.56 Å². The Morgan fingerprint density at radius 3 is 2.28 bits per heavy atom. The van der Waals surface area contributed by atoms with E-state index in [0.29, 0.717) is 18.5 Å². The number of pyridine rings is 1. The number of aromatic nitrogens is 1. The highest BCUT2D eigenvalue weighted by Gasteiger charge is 2.16. The fourth-order valence-corrected chi connectivity index (χ4v) is 3.72. The second-order valence-electron chi connectivity index (χ2n) is 6.68. The van der Waals surface area contributed by atoms with Crippen LogP contribution in [0.3, 0.4) is 0 Å². The molecule has 0 aliphatic rings. The lowest BCUT2D eigenvalue weighted by Gasteiger charge is -2.18. The van der Waals surface area contributed by atoms with Gasteiger partial charge in [-0.1, -0.05) is 24.3 Å². The van der Waals surface area contributed by atoms with E-state index in [-0.39, 0.29) is 23.2 Å². The first-order valence-electron chi connectivity index (χ1n) is 9.17. The molecule has 0 saturated carbocycles. The fraction of sp³-hybridized carbons (Fsp3) is 0.182. The van der Waals surface area contributed by atoms with Gasteiger partial charge in [-0.25, -0.2) is 4.39 Å². The summed E-state index contributed by atoms with van der Waals surface area (Å²) >= 11 is 0. The molecule has 2 unspecified atom stereocenters. The van der Waals surface area contributed by atoms with Gasteiger partial charge in [-0.2, -0.15) is 0 Å². The summed E-state index contributed by atoms with van der Waals surface area (Å²) in [5, 5.41) is 2.82. The van der Waals surface area contributed by atoms with Crippen LogP contribution in [0.5, 0.6) is 0 Å². The molecule has 0 fully saturated rings. The highest BCUT2D eigenvalue weighted by Crippen LogP contribution is 2.28. The van der Waals surface area contributed by atoms with E-state index in [9.17, 15) is 18.2 Å².